The highest BCUT2D eigenvalue weighted by Gasteiger charge is 2.48. The van der Waals surface area contributed by atoms with E-state index in [1.807, 2.05) is 35.9 Å². The number of benzene rings is 3. The first kappa shape index (κ1) is 40.9. The number of aromatic amines is 2. The number of nitrogens with zero attached hydrogens (tertiary/aromatic N) is 4. The van der Waals surface area contributed by atoms with Crippen molar-refractivity contribution in [3.05, 3.63) is 65.9 Å². The lowest BCUT2D eigenvalue weighted by Gasteiger charge is -2.41. The zero-order valence-corrected chi connectivity index (χ0v) is 36.8. The molecule has 16 nitrogen and oxygen atoms in total. The quantitative estimate of drug-likeness (QED) is 0.0687. The molecule has 0 saturated carbocycles. The van der Waals surface area contributed by atoms with Gasteiger partial charge in [-0.05, 0) is 91.3 Å². The molecule has 4 amide bonds. The number of aromatic nitrogens is 4. The van der Waals surface area contributed by atoms with Gasteiger partial charge in [0.15, 0.2) is 0 Å². The van der Waals surface area contributed by atoms with Crippen molar-refractivity contribution in [3.63, 3.8) is 0 Å². The number of alkyl carbamates (subject to hydrolysis) is 2. The van der Waals surface area contributed by atoms with Gasteiger partial charge in [0.1, 0.15) is 30.0 Å². The molecular weight excluding hydrogens is 895 g/mol. The van der Waals surface area contributed by atoms with Gasteiger partial charge in [0.25, 0.3) is 0 Å². The standard InChI is InChI=1S/C44H49IN8O8/c1-21-14-26-8-11-33(52(26)42(55)37(21)51-44(57)60-5)39-46-19-32(49-39)24-6-9-27-25(15-24)20-61-35-17-28-23(16-29(27)35)7-10-31-38(28)50-40(48-31)34-12-13-36(45)53(34)41(54)30(22(2)58-3)18-47-43(56)59-4/h6-7,9-10,15-17,19,21-22,26,30,33-34,36-37H,8,11-14,18,20H2,1-5H3,(H,46,49)(H,47,56)(H,48,50)(H,51,57)/t21?,22-,26+,30?,33-,34-,36+,37-/m0/s1. The molecule has 3 aromatic carbocycles. The van der Waals surface area contributed by atoms with Crippen LogP contribution in [0.4, 0.5) is 9.59 Å². The minimum atomic E-state index is -0.639. The number of nitrogens with one attached hydrogen (secondary N) is 4. The minimum Gasteiger partial charge on any atom is -0.488 e. The highest BCUT2D eigenvalue weighted by molar-refractivity contribution is 14.1. The molecule has 4 N–H and O–H groups in total. The van der Waals surface area contributed by atoms with Gasteiger partial charge in [0.2, 0.25) is 11.8 Å². The summed E-state index contributed by atoms with van der Waals surface area (Å²) in [4.78, 5) is 72.5. The highest BCUT2D eigenvalue weighted by Crippen LogP contribution is 2.45. The van der Waals surface area contributed by atoms with Crippen LogP contribution in [0, 0.1) is 11.8 Å². The van der Waals surface area contributed by atoms with E-state index in [4.69, 9.17) is 28.9 Å². The van der Waals surface area contributed by atoms with Crippen LogP contribution >= 0.6 is 22.6 Å². The number of imidazole rings is 2. The molecule has 61 heavy (non-hydrogen) atoms. The summed E-state index contributed by atoms with van der Waals surface area (Å²) in [5, 5.41) is 7.41. The van der Waals surface area contributed by atoms with E-state index in [1.165, 1.54) is 14.2 Å². The van der Waals surface area contributed by atoms with Gasteiger partial charge < -0.3 is 49.3 Å². The summed E-state index contributed by atoms with van der Waals surface area (Å²) >= 11 is 2.31. The van der Waals surface area contributed by atoms with Gasteiger partial charge in [0.05, 0.1) is 65.3 Å². The van der Waals surface area contributed by atoms with Gasteiger partial charge in [-0.25, -0.2) is 19.6 Å². The average molecular weight is 945 g/mol. The van der Waals surface area contributed by atoms with Crippen LogP contribution in [0.25, 0.3) is 44.2 Å². The molecule has 2 aromatic heterocycles. The second-order valence-corrected chi connectivity index (χ2v) is 17.9. The molecule has 3 fully saturated rings. The molecule has 5 aromatic rings. The van der Waals surface area contributed by atoms with Crippen LogP contribution in [0.15, 0.2) is 48.7 Å². The number of alkyl halides is 1. The number of ether oxygens (including phenoxy) is 4. The molecule has 3 saturated heterocycles. The van der Waals surface area contributed by atoms with E-state index in [1.54, 1.807) is 7.11 Å². The van der Waals surface area contributed by atoms with E-state index in [-0.39, 0.29) is 46.5 Å². The number of halogens is 1. The molecule has 8 atom stereocenters. The lowest BCUT2D eigenvalue weighted by Crippen LogP contribution is -2.58. The van der Waals surface area contributed by atoms with Crippen molar-refractivity contribution >= 4 is 68.4 Å². The van der Waals surface area contributed by atoms with Crippen LogP contribution < -0.4 is 15.4 Å². The zero-order chi connectivity index (χ0) is 42.7. The SMILES string of the molecule is COC(=O)NCC(C(=O)N1[C@@H](I)CC[C@H]1c1nc2ccc3cc4c(cc3c2[nH]1)OCc1cc(-c2cnc([C@@H]3CC[C@@H]5CC(C)[C@H](NC(=O)OC)C(=O)N53)[nH]2)ccc1-4)[C@H](C)OC. The smallest absolute Gasteiger partial charge is 0.407 e. The Bertz CT molecular complexity index is 2540. The predicted molar refractivity (Wildman–Crippen MR) is 234 cm³/mol. The van der Waals surface area contributed by atoms with E-state index in [2.05, 4.69) is 79.6 Å². The number of fused-ring (bicyclic) bond motifs is 7. The number of methoxy groups -OCH3 is 3. The van der Waals surface area contributed by atoms with Gasteiger partial charge in [-0.1, -0.05) is 47.7 Å². The third kappa shape index (κ3) is 7.32. The number of hydrogen-bond acceptors (Lipinski definition) is 10. The topological polar surface area (TPSA) is 193 Å². The largest absolute Gasteiger partial charge is 0.488 e. The Labute approximate surface area is 365 Å². The van der Waals surface area contributed by atoms with Gasteiger partial charge in [0, 0.05) is 30.6 Å². The van der Waals surface area contributed by atoms with Crippen LogP contribution in [-0.4, -0.2) is 104 Å². The Hall–Kier alpha value is -5.43. The molecule has 0 bridgehead atoms. The summed E-state index contributed by atoms with van der Waals surface area (Å²) < 4.78 is 21.5. The Morgan fingerprint density at radius 1 is 0.967 bits per heavy atom. The summed E-state index contributed by atoms with van der Waals surface area (Å²) in [5.74, 6) is 1.39. The molecule has 17 heteroatoms. The Morgan fingerprint density at radius 2 is 1.77 bits per heavy atom. The van der Waals surface area contributed by atoms with Crippen molar-refractivity contribution < 1.29 is 38.1 Å². The van der Waals surface area contributed by atoms with Gasteiger partial charge in [-0.3, -0.25) is 9.59 Å². The van der Waals surface area contributed by atoms with Crippen LogP contribution in [0.3, 0.4) is 0 Å². The zero-order valence-electron chi connectivity index (χ0n) is 34.6. The first-order valence-corrected chi connectivity index (χ1v) is 22.0. The lowest BCUT2D eigenvalue weighted by atomic mass is 9.88. The first-order valence-electron chi connectivity index (χ1n) is 20.7. The molecule has 0 spiro atoms. The minimum absolute atomic E-state index is 0.00408. The number of H-pyrrole nitrogens is 2. The van der Waals surface area contributed by atoms with Crippen molar-refractivity contribution in [3.8, 4) is 28.1 Å². The second kappa shape index (κ2) is 16.4. The number of rotatable bonds is 9. The summed E-state index contributed by atoms with van der Waals surface area (Å²) in [6.45, 7) is 4.29. The fourth-order valence-corrected chi connectivity index (χ4v) is 10.8. The Morgan fingerprint density at radius 3 is 2.56 bits per heavy atom. The monoisotopic (exact) mass is 944 g/mol. The maximum Gasteiger partial charge on any atom is 0.407 e. The second-order valence-electron chi connectivity index (χ2n) is 16.5. The van der Waals surface area contributed by atoms with Crippen LogP contribution in [0.1, 0.15) is 75.2 Å². The van der Waals surface area contributed by atoms with Crippen molar-refractivity contribution in [1.29, 1.82) is 0 Å². The molecule has 2 unspecified atom stereocenters. The van der Waals surface area contributed by atoms with Crippen molar-refractivity contribution in [2.45, 2.75) is 86.9 Å². The average Bonchev–Trinajstić information content (AvgIpc) is 4.09. The number of carbonyl (C=O) groups excluding carboxylic acids is 4. The maximum atomic E-state index is 14.2. The first-order chi connectivity index (χ1) is 29.5. The fourth-order valence-electron chi connectivity index (χ4n) is 9.77. The van der Waals surface area contributed by atoms with E-state index in [0.717, 1.165) is 93.4 Å². The van der Waals surface area contributed by atoms with Gasteiger partial charge >= 0.3 is 12.2 Å². The summed E-state index contributed by atoms with van der Waals surface area (Å²) in [7, 11) is 4.15. The van der Waals surface area contributed by atoms with E-state index < -0.39 is 30.3 Å². The molecule has 6 heterocycles. The maximum absolute atomic E-state index is 14.2. The van der Waals surface area contributed by atoms with Crippen LogP contribution in [0.5, 0.6) is 5.75 Å². The fraction of sp³-hybridized carbons (Fsp3) is 0.455. The van der Waals surface area contributed by atoms with Crippen molar-refractivity contribution in [2.75, 3.05) is 27.9 Å². The third-order valence-corrected chi connectivity index (χ3v) is 14.3. The molecule has 4 aliphatic heterocycles. The number of likely N-dealkylation sites (tertiary alicyclic amines) is 1. The predicted octanol–water partition coefficient (Wildman–Crippen LogP) is 6.89. The third-order valence-electron chi connectivity index (χ3n) is 13.1. The summed E-state index contributed by atoms with van der Waals surface area (Å²) in [6, 6.07) is 13.6. The Balaban J connectivity index is 0.959. The molecular formula is C44H49IN8O8. The number of amides is 4. The Kier molecular flexibility index (Phi) is 11.0. The van der Waals surface area contributed by atoms with Crippen molar-refractivity contribution in [2.24, 2.45) is 11.8 Å². The molecule has 0 radical (unpaired) electrons. The lowest BCUT2D eigenvalue weighted by molar-refractivity contribution is -0.142. The van der Waals surface area contributed by atoms with E-state index in [9.17, 15) is 19.2 Å². The number of hydrogen-bond donors (Lipinski definition) is 4. The van der Waals surface area contributed by atoms with Crippen LogP contribution in [-0.2, 0) is 30.4 Å². The molecule has 0 aliphatic carbocycles. The van der Waals surface area contributed by atoms with Crippen molar-refractivity contribution in [1.82, 2.24) is 40.4 Å². The van der Waals surface area contributed by atoms with Gasteiger partial charge in [-0.2, -0.15) is 0 Å². The number of piperidine rings is 1. The summed E-state index contributed by atoms with van der Waals surface area (Å²) in [5.41, 5.74) is 6.61. The molecule has 4 aliphatic rings. The molecule has 320 valence electrons. The number of carbonyl (C=O) groups is 4. The van der Waals surface area contributed by atoms with Crippen LogP contribution in [0.2, 0.25) is 0 Å². The van der Waals surface area contributed by atoms with Gasteiger partial charge in [-0.15, -0.1) is 0 Å². The summed E-state index contributed by atoms with van der Waals surface area (Å²) in [6.07, 6.45) is 4.19. The normalized spacial score (nSPS) is 24.1. The molecule has 9 rings (SSSR count). The van der Waals surface area contributed by atoms with E-state index in [0.29, 0.717) is 12.4 Å². The highest BCUT2D eigenvalue weighted by atomic mass is 127. The van der Waals surface area contributed by atoms with E-state index >= 15 is 0 Å².